The molecule has 8 nitrogen and oxygen atoms in total. The number of fused-ring (bicyclic) bond motifs is 1. The second-order valence-corrected chi connectivity index (χ2v) is 6.23. The summed E-state index contributed by atoms with van der Waals surface area (Å²) < 4.78 is 20.3. The highest BCUT2D eigenvalue weighted by atomic mass is 16.5. The highest BCUT2D eigenvalue weighted by Gasteiger charge is 2.28. The van der Waals surface area contributed by atoms with Crippen molar-refractivity contribution in [3.05, 3.63) is 57.2 Å². The summed E-state index contributed by atoms with van der Waals surface area (Å²) in [6.07, 6.45) is 0. The first-order valence-corrected chi connectivity index (χ1v) is 8.62. The third kappa shape index (κ3) is 3.44. The summed E-state index contributed by atoms with van der Waals surface area (Å²) in [7, 11) is 3.94. The summed E-state index contributed by atoms with van der Waals surface area (Å²) in [5, 5.41) is 0.505. The van der Waals surface area contributed by atoms with Crippen LogP contribution in [0, 0.1) is 13.8 Å². The van der Waals surface area contributed by atoms with Crippen molar-refractivity contribution < 1.29 is 28.2 Å². The number of esters is 2. The van der Waals surface area contributed by atoms with E-state index in [0.717, 1.165) is 0 Å². The maximum atomic E-state index is 12.6. The Morgan fingerprint density at radius 2 is 1.52 bits per heavy atom. The number of hydrogen-bond donors (Lipinski definition) is 0. The van der Waals surface area contributed by atoms with E-state index in [1.807, 2.05) is 0 Å². The van der Waals surface area contributed by atoms with E-state index in [1.54, 1.807) is 32.0 Å². The number of carbonyl (C=O) groups excluding carboxylic acids is 2. The number of rotatable bonds is 4. The Hall–Kier alpha value is -3.68. The molecule has 0 spiro atoms. The van der Waals surface area contributed by atoms with Gasteiger partial charge in [-0.1, -0.05) is 0 Å². The molecule has 0 radical (unpaired) electrons. The molecule has 0 aliphatic heterocycles. The number of nitrogens with zero attached hydrogens (tertiary/aromatic N) is 1. The first-order valence-electron chi connectivity index (χ1n) is 8.62. The van der Waals surface area contributed by atoms with E-state index in [1.165, 1.54) is 27.4 Å². The molecule has 8 heteroatoms. The van der Waals surface area contributed by atoms with Gasteiger partial charge in [0.25, 0.3) is 0 Å². The highest BCUT2D eigenvalue weighted by molar-refractivity contribution is 6.10. The molecular weight excluding hydrogens is 378 g/mol. The zero-order chi connectivity index (χ0) is 21.3. The standard InChI is InChI=1S/C21H19NO7/c1-10-17(20(24)27-4)19(18(11(2)22-10)21(25)28-5)14-9-16(23)29-15-8-12(26-3)6-7-13(14)15/h6-9H,1-5H3. The Morgan fingerprint density at radius 1 is 0.931 bits per heavy atom. The van der Waals surface area contributed by atoms with Gasteiger partial charge in [0.05, 0.1) is 43.8 Å². The lowest BCUT2D eigenvalue weighted by atomic mass is 9.91. The summed E-state index contributed by atoms with van der Waals surface area (Å²) in [5.41, 5.74) is 0.969. The lowest BCUT2D eigenvalue weighted by Crippen LogP contribution is -2.16. The molecule has 0 fully saturated rings. The Bertz CT molecular complexity index is 1150. The smallest absolute Gasteiger partial charge is 0.340 e. The Labute approximate surface area is 166 Å². The number of methoxy groups -OCH3 is 3. The molecule has 150 valence electrons. The largest absolute Gasteiger partial charge is 0.497 e. The average Bonchev–Trinajstić information content (AvgIpc) is 2.70. The molecular formula is C21H19NO7. The van der Waals surface area contributed by atoms with E-state index < -0.39 is 17.6 Å². The molecule has 2 heterocycles. The first kappa shape index (κ1) is 20.1. The fourth-order valence-electron chi connectivity index (χ4n) is 3.30. The zero-order valence-corrected chi connectivity index (χ0v) is 16.6. The Kier molecular flexibility index (Phi) is 5.36. The van der Waals surface area contributed by atoms with Gasteiger partial charge in [0, 0.05) is 28.6 Å². The van der Waals surface area contributed by atoms with Crippen LogP contribution in [-0.2, 0) is 9.47 Å². The molecule has 3 rings (SSSR count). The predicted molar refractivity (Wildman–Crippen MR) is 104 cm³/mol. The van der Waals surface area contributed by atoms with Crippen LogP contribution in [0.15, 0.2) is 33.5 Å². The van der Waals surface area contributed by atoms with Crippen LogP contribution < -0.4 is 10.4 Å². The van der Waals surface area contributed by atoms with E-state index in [0.29, 0.717) is 28.1 Å². The summed E-state index contributed by atoms with van der Waals surface area (Å²) in [6, 6.07) is 6.14. The van der Waals surface area contributed by atoms with Crippen LogP contribution in [0.2, 0.25) is 0 Å². The molecule has 3 aromatic rings. The van der Waals surface area contributed by atoms with Gasteiger partial charge >= 0.3 is 17.6 Å². The van der Waals surface area contributed by atoms with E-state index in [-0.39, 0.29) is 22.3 Å². The third-order valence-corrected chi connectivity index (χ3v) is 4.56. The Balaban J connectivity index is 2.55. The van der Waals surface area contributed by atoms with Crippen LogP contribution in [0.4, 0.5) is 0 Å². The van der Waals surface area contributed by atoms with Gasteiger partial charge in [-0.2, -0.15) is 0 Å². The molecule has 0 N–H and O–H groups in total. The number of pyridine rings is 1. The van der Waals surface area contributed by atoms with Crippen molar-refractivity contribution in [2.45, 2.75) is 13.8 Å². The van der Waals surface area contributed by atoms with Crippen LogP contribution in [0.5, 0.6) is 5.75 Å². The number of aromatic nitrogens is 1. The summed E-state index contributed by atoms with van der Waals surface area (Å²) in [5.74, 6) is -0.892. The van der Waals surface area contributed by atoms with Crippen LogP contribution >= 0.6 is 0 Å². The van der Waals surface area contributed by atoms with Crippen molar-refractivity contribution in [2.24, 2.45) is 0 Å². The number of carbonyl (C=O) groups is 2. The topological polar surface area (TPSA) is 105 Å². The molecule has 0 amide bonds. The normalized spacial score (nSPS) is 10.7. The second-order valence-electron chi connectivity index (χ2n) is 6.23. The number of benzene rings is 1. The average molecular weight is 397 g/mol. The molecule has 1 aromatic carbocycles. The van der Waals surface area contributed by atoms with Gasteiger partial charge in [-0.25, -0.2) is 14.4 Å². The maximum Gasteiger partial charge on any atom is 0.340 e. The van der Waals surface area contributed by atoms with Crippen molar-refractivity contribution >= 4 is 22.9 Å². The quantitative estimate of drug-likeness (QED) is 0.489. The van der Waals surface area contributed by atoms with Crippen molar-refractivity contribution in [1.82, 2.24) is 4.98 Å². The van der Waals surface area contributed by atoms with Gasteiger partial charge in [0.2, 0.25) is 0 Å². The molecule has 0 saturated heterocycles. The summed E-state index contributed by atoms with van der Waals surface area (Å²) >= 11 is 0. The highest BCUT2D eigenvalue weighted by Crippen LogP contribution is 2.36. The second kappa shape index (κ2) is 7.75. The summed E-state index contributed by atoms with van der Waals surface area (Å²) in [4.78, 5) is 41.8. The van der Waals surface area contributed by atoms with Crippen molar-refractivity contribution in [3.63, 3.8) is 0 Å². The number of ether oxygens (including phenoxy) is 3. The van der Waals surface area contributed by atoms with Crippen molar-refractivity contribution in [3.8, 4) is 16.9 Å². The molecule has 0 unspecified atom stereocenters. The lowest BCUT2D eigenvalue weighted by molar-refractivity contribution is 0.0599. The molecule has 0 aliphatic rings. The first-order chi connectivity index (χ1) is 13.8. The third-order valence-electron chi connectivity index (χ3n) is 4.56. The monoisotopic (exact) mass is 397 g/mol. The fourth-order valence-corrected chi connectivity index (χ4v) is 3.30. The van der Waals surface area contributed by atoms with Crippen LogP contribution in [0.25, 0.3) is 22.1 Å². The van der Waals surface area contributed by atoms with Gasteiger partial charge in [0.15, 0.2) is 0 Å². The van der Waals surface area contributed by atoms with E-state index in [4.69, 9.17) is 18.6 Å². The van der Waals surface area contributed by atoms with Gasteiger partial charge in [-0.05, 0) is 26.0 Å². The number of hydrogen-bond acceptors (Lipinski definition) is 8. The number of aryl methyl sites for hydroxylation is 2. The molecule has 0 atom stereocenters. The summed E-state index contributed by atoms with van der Waals surface area (Å²) in [6.45, 7) is 3.25. The van der Waals surface area contributed by atoms with E-state index in [9.17, 15) is 14.4 Å². The minimum Gasteiger partial charge on any atom is -0.497 e. The molecule has 2 aromatic heterocycles. The van der Waals surface area contributed by atoms with Crippen LogP contribution in [-0.4, -0.2) is 38.3 Å². The SMILES string of the molecule is COC(=O)c1c(C)nc(C)c(C(=O)OC)c1-c1cc(=O)oc2cc(OC)ccc12. The van der Waals surface area contributed by atoms with Gasteiger partial charge < -0.3 is 18.6 Å². The van der Waals surface area contributed by atoms with Gasteiger partial charge in [-0.15, -0.1) is 0 Å². The van der Waals surface area contributed by atoms with Crippen LogP contribution in [0.3, 0.4) is 0 Å². The Morgan fingerprint density at radius 3 is 2.03 bits per heavy atom. The molecule has 0 saturated carbocycles. The van der Waals surface area contributed by atoms with Crippen molar-refractivity contribution in [1.29, 1.82) is 0 Å². The van der Waals surface area contributed by atoms with E-state index in [2.05, 4.69) is 4.98 Å². The van der Waals surface area contributed by atoms with E-state index >= 15 is 0 Å². The van der Waals surface area contributed by atoms with Gasteiger partial charge in [-0.3, -0.25) is 4.98 Å². The molecule has 0 aliphatic carbocycles. The lowest BCUT2D eigenvalue weighted by Gasteiger charge is -2.17. The molecule has 0 bridgehead atoms. The predicted octanol–water partition coefficient (Wildman–Crippen LogP) is 3.05. The fraction of sp³-hybridized carbons (Fsp3) is 0.238. The van der Waals surface area contributed by atoms with Crippen molar-refractivity contribution in [2.75, 3.05) is 21.3 Å². The zero-order valence-electron chi connectivity index (χ0n) is 16.6. The minimum absolute atomic E-state index is 0.0706. The maximum absolute atomic E-state index is 12.6. The van der Waals surface area contributed by atoms with Crippen LogP contribution in [0.1, 0.15) is 32.1 Å². The molecule has 29 heavy (non-hydrogen) atoms. The van der Waals surface area contributed by atoms with Gasteiger partial charge in [0.1, 0.15) is 11.3 Å². The minimum atomic E-state index is -0.690.